The number of alkyl carbamates (subject to hydrolysis) is 1. The highest BCUT2D eigenvalue weighted by molar-refractivity contribution is 6.38. The van der Waals surface area contributed by atoms with Gasteiger partial charge in [-0.3, -0.25) is 28.8 Å². The third-order valence-electron chi connectivity index (χ3n) is 10.2. The molecule has 0 radical (unpaired) electrons. The second-order valence-corrected chi connectivity index (χ2v) is 17.3. The van der Waals surface area contributed by atoms with E-state index in [1.54, 1.807) is 65.2 Å². The van der Waals surface area contributed by atoms with Crippen LogP contribution >= 0.6 is 0 Å². The Morgan fingerprint density at radius 3 is 2.08 bits per heavy atom. The number of amides is 6. The van der Waals surface area contributed by atoms with Gasteiger partial charge in [-0.05, 0) is 61.3 Å². The van der Waals surface area contributed by atoms with E-state index >= 15 is 0 Å². The first kappa shape index (κ1) is 40.3. The van der Waals surface area contributed by atoms with Crippen molar-refractivity contribution in [3.63, 3.8) is 0 Å². The molecule has 1 heterocycles. The number of benzene rings is 1. The van der Waals surface area contributed by atoms with Crippen LogP contribution in [0.15, 0.2) is 30.3 Å². The van der Waals surface area contributed by atoms with Crippen LogP contribution in [0.1, 0.15) is 86.3 Å². The summed E-state index contributed by atoms with van der Waals surface area (Å²) >= 11 is 0. The fraction of sp³-hybridized carbons (Fsp3) is 0.658. The van der Waals surface area contributed by atoms with Crippen LogP contribution in [-0.2, 0) is 33.5 Å². The van der Waals surface area contributed by atoms with Gasteiger partial charge in [-0.25, -0.2) is 4.79 Å². The van der Waals surface area contributed by atoms with Gasteiger partial charge in [0.15, 0.2) is 0 Å². The number of Topliss-reactive ketones (excluding diaryl/α,β-unsaturated/α-hetero) is 1. The highest BCUT2D eigenvalue weighted by atomic mass is 16.6. The maximum absolute atomic E-state index is 14.2. The molecular weight excluding hydrogens is 668 g/mol. The number of ether oxygens (including phenoxy) is 1. The van der Waals surface area contributed by atoms with Gasteiger partial charge in [-0.15, -0.1) is 0 Å². The van der Waals surface area contributed by atoms with Crippen LogP contribution in [0, 0.1) is 28.6 Å². The smallest absolute Gasteiger partial charge is 0.408 e. The average Bonchev–Trinajstić information content (AvgIpc) is 3.90. The van der Waals surface area contributed by atoms with Crippen molar-refractivity contribution in [1.82, 2.24) is 31.1 Å². The Morgan fingerprint density at radius 2 is 1.54 bits per heavy atom. The lowest BCUT2D eigenvalue weighted by atomic mass is 9.85. The van der Waals surface area contributed by atoms with E-state index in [1.165, 1.54) is 9.80 Å². The third-order valence-corrected chi connectivity index (χ3v) is 10.2. The third kappa shape index (κ3) is 9.68. The van der Waals surface area contributed by atoms with Gasteiger partial charge in [0.25, 0.3) is 5.91 Å². The first-order valence-corrected chi connectivity index (χ1v) is 18.0. The first-order chi connectivity index (χ1) is 24.0. The monoisotopic (exact) mass is 724 g/mol. The lowest BCUT2D eigenvalue weighted by Gasteiger charge is -2.38. The van der Waals surface area contributed by atoms with Gasteiger partial charge < -0.3 is 35.8 Å². The summed E-state index contributed by atoms with van der Waals surface area (Å²) in [5.74, 6) is -3.99. The number of likely N-dealkylation sites (N-methyl/N-ethyl adjacent to an activating group) is 1. The van der Waals surface area contributed by atoms with Crippen LogP contribution in [-0.4, -0.2) is 102 Å². The number of piperidine rings is 1. The number of likely N-dealkylation sites (tertiary alicyclic amines) is 1. The normalized spacial score (nSPS) is 22.1. The summed E-state index contributed by atoms with van der Waals surface area (Å²) in [5, 5.41) is 10.5. The maximum Gasteiger partial charge on any atom is 0.408 e. The SMILES string of the molecule is CN(C)C(=O)[C@@H](NC(=O)CNC(=O)C(=O)C(CC1CC1)NC(=O)C1C2[C@H](CN1C(=O)[C@@H](NC(=O)OC(C)(C)C)C(C)(C)C)C2(C)C)c1ccccc1. The van der Waals surface area contributed by atoms with Crippen molar-refractivity contribution in [3.8, 4) is 0 Å². The molecule has 286 valence electrons. The Hall–Kier alpha value is -4.49. The lowest BCUT2D eigenvalue weighted by Crippen LogP contribution is -2.61. The van der Waals surface area contributed by atoms with Crippen molar-refractivity contribution >= 4 is 41.4 Å². The summed E-state index contributed by atoms with van der Waals surface area (Å²) in [6.07, 6.45) is 1.18. The van der Waals surface area contributed by atoms with Crippen molar-refractivity contribution in [2.24, 2.45) is 28.6 Å². The molecule has 6 atom stereocenters. The predicted molar refractivity (Wildman–Crippen MR) is 192 cm³/mol. The molecule has 52 heavy (non-hydrogen) atoms. The molecule has 3 fully saturated rings. The molecule has 0 aromatic heterocycles. The molecule has 4 N–H and O–H groups in total. The predicted octanol–water partition coefficient (Wildman–Crippen LogP) is 2.32. The van der Waals surface area contributed by atoms with E-state index in [0.29, 0.717) is 12.1 Å². The largest absolute Gasteiger partial charge is 0.444 e. The number of nitrogens with zero attached hydrogens (tertiary/aromatic N) is 2. The number of fused-ring (bicyclic) bond motifs is 1. The molecule has 6 amide bonds. The van der Waals surface area contributed by atoms with Gasteiger partial charge in [-0.2, -0.15) is 0 Å². The number of rotatable bonds is 13. The van der Waals surface area contributed by atoms with E-state index in [2.05, 4.69) is 21.3 Å². The summed E-state index contributed by atoms with van der Waals surface area (Å²) in [6, 6.07) is 4.55. The zero-order chi connectivity index (χ0) is 38.9. The minimum atomic E-state index is -1.17. The van der Waals surface area contributed by atoms with Crippen LogP contribution < -0.4 is 21.3 Å². The van der Waals surface area contributed by atoms with Crippen LogP contribution in [0.25, 0.3) is 0 Å². The topological polar surface area (TPSA) is 183 Å². The molecule has 1 aromatic rings. The Kier molecular flexibility index (Phi) is 11.8. The van der Waals surface area contributed by atoms with Gasteiger partial charge in [-0.1, -0.05) is 77.8 Å². The quantitative estimate of drug-likeness (QED) is 0.224. The van der Waals surface area contributed by atoms with Crippen molar-refractivity contribution < 1.29 is 38.3 Å². The summed E-state index contributed by atoms with van der Waals surface area (Å²) in [4.78, 5) is 96.4. The number of carbonyl (C=O) groups is 7. The van der Waals surface area contributed by atoms with Crippen molar-refractivity contribution in [2.75, 3.05) is 27.2 Å². The summed E-state index contributed by atoms with van der Waals surface area (Å²) in [6.45, 7) is 14.4. The van der Waals surface area contributed by atoms with E-state index < -0.39 is 77.2 Å². The first-order valence-electron chi connectivity index (χ1n) is 18.0. The molecule has 3 unspecified atom stereocenters. The molecular formula is C38H56N6O8. The van der Waals surface area contributed by atoms with Crippen LogP contribution in [0.5, 0.6) is 0 Å². The van der Waals surface area contributed by atoms with E-state index in [-0.39, 0.29) is 35.5 Å². The fourth-order valence-electron chi connectivity index (χ4n) is 7.04. The fourth-order valence-corrected chi connectivity index (χ4v) is 7.04. The molecule has 2 aliphatic carbocycles. The molecule has 3 aliphatic rings. The number of hydrogen-bond donors (Lipinski definition) is 4. The molecule has 4 rings (SSSR count). The number of carbonyl (C=O) groups excluding carboxylic acids is 7. The number of hydrogen-bond acceptors (Lipinski definition) is 8. The van der Waals surface area contributed by atoms with E-state index in [1.807, 2.05) is 34.6 Å². The second kappa shape index (κ2) is 15.2. The minimum absolute atomic E-state index is 0.0350. The highest BCUT2D eigenvalue weighted by Crippen LogP contribution is 2.65. The number of ketones is 1. The standard InChI is InChI=1S/C38H56N6O8/c1-36(2,3)30(42-35(51)52-37(4,5)6)34(50)44-20-23-26(38(23,7)8)28(44)31(47)40-24(18-21-16-17-21)29(46)32(48)39-19-25(45)41-27(33(49)43(9)10)22-14-12-11-13-15-22/h11-15,21,23-24,26-28,30H,16-20H2,1-10H3,(H,39,48)(H,40,47)(H,41,45)(H,42,51)/t23-,24?,26?,27-,28?,30+/m0/s1. The molecule has 2 saturated carbocycles. The molecule has 0 spiro atoms. The van der Waals surface area contributed by atoms with Crippen LogP contribution in [0.2, 0.25) is 0 Å². The van der Waals surface area contributed by atoms with E-state index in [9.17, 15) is 33.6 Å². The molecule has 1 saturated heterocycles. The van der Waals surface area contributed by atoms with Gasteiger partial charge in [0.1, 0.15) is 23.7 Å². The summed E-state index contributed by atoms with van der Waals surface area (Å²) in [5.41, 5.74) is -1.20. The van der Waals surface area contributed by atoms with Crippen molar-refractivity contribution in [1.29, 1.82) is 0 Å². The van der Waals surface area contributed by atoms with E-state index in [4.69, 9.17) is 4.74 Å². The molecule has 1 aromatic carbocycles. The lowest BCUT2D eigenvalue weighted by molar-refractivity contribution is -0.145. The van der Waals surface area contributed by atoms with E-state index in [0.717, 1.165) is 12.8 Å². The Bertz CT molecular complexity index is 1560. The van der Waals surface area contributed by atoms with Gasteiger partial charge in [0.2, 0.25) is 29.4 Å². The van der Waals surface area contributed by atoms with Crippen molar-refractivity contribution in [2.45, 2.75) is 104 Å². The Labute approximate surface area is 306 Å². The van der Waals surface area contributed by atoms with Gasteiger partial charge >= 0.3 is 6.09 Å². The zero-order valence-corrected chi connectivity index (χ0v) is 32.1. The summed E-state index contributed by atoms with van der Waals surface area (Å²) in [7, 11) is 3.13. The minimum Gasteiger partial charge on any atom is -0.444 e. The molecule has 0 bridgehead atoms. The van der Waals surface area contributed by atoms with Crippen molar-refractivity contribution in [3.05, 3.63) is 35.9 Å². The molecule has 14 heteroatoms. The average molecular weight is 725 g/mol. The maximum atomic E-state index is 14.2. The Balaban J connectivity index is 1.46. The van der Waals surface area contributed by atoms with Gasteiger partial charge in [0, 0.05) is 20.6 Å². The molecule has 1 aliphatic heterocycles. The van der Waals surface area contributed by atoms with Gasteiger partial charge in [0.05, 0.1) is 12.6 Å². The van der Waals surface area contributed by atoms with Crippen LogP contribution in [0.4, 0.5) is 4.79 Å². The zero-order valence-electron chi connectivity index (χ0n) is 32.1. The summed E-state index contributed by atoms with van der Waals surface area (Å²) < 4.78 is 5.43. The second-order valence-electron chi connectivity index (χ2n) is 17.3. The molecule has 14 nitrogen and oxygen atoms in total. The number of nitrogens with one attached hydrogen (secondary N) is 4. The Morgan fingerprint density at radius 1 is 0.923 bits per heavy atom. The highest BCUT2D eigenvalue weighted by Gasteiger charge is 2.70. The van der Waals surface area contributed by atoms with Crippen LogP contribution in [0.3, 0.4) is 0 Å².